The number of aromatic nitrogens is 3. The molecule has 0 aliphatic carbocycles. The van der Waals surface area contributed by atoms with Crippen molar-refractivity contribution in [2.24, 2.45) is 7.05 Å². The Balaban J connectivity index is 1.70. The SMILES string of the molecule is CC=CC=CCOC(=O)COc1ccc(C)cc1-c1nsc2ccc(-n3c(=O)cc(C(F)(F)F)n(C)c3=O)cc12. The van der Waals surface area contributed by atoms with E-state index < -0.39 is 29.1 Å². The molecule has 0 N–H and O–H groups in total. The normalized spacial score (nSPS) is 12.1. The molecule has 2 aromatic heterocycles. The van der Waals surface area contributed by atoms with Crippen LogP contribution in [0.25, 0.3) is 27.0 Å². The topological polar surface area (TPSA) is 92.4 Å². The van der Waals surface area contributed by atoms with E-state index in [1.54, 1.807) is 36.4 Å². The Morgan fingerprint density at radius 3 is 2.60 bits per heavy atom. The Bertz CT molecular complexity index is 1750. The fourth-order valence-electron chi connectivity index (χ4n) is 3.91. The maximum Gasteiger partial charge on any atom is 0.431 e. The predicted octanol–water partition coefficient (Wildman–Crippen LogP) is 5.19. The molecule has 0 fully saturated rings. The lowest BCUT2D eigenvalue weighted by molar-refractivity contribution is -0.145. The number of aryl methyl sites for hydroxylation is 1. The molecule has 0 unspecified atom stereocenters. The highest BCUT2D eigenvalue weighted by atomic mass is 32.1. The Kier molecular flexibility index (Phi) is 8.38. The van der Waals surface area contributed by atoms with Crippen LogP contribution in [-0.2, 0) is 22.8 Å². The summed E-state index contributed by atoms with van der Waals surface area (Å²) in [6, 6.07) is 10.3. The molecule has 0 saturated carbocycles. The summed E-state index contributed by atoms with van der Waals surface area (Å²) >= 11 is 1.16. The number of ether oxygens (including phenoxy) is 2. The lowest BCUT2D eigenvalue weighted by Crippen LogP contribution is -2.40. The van der Waals surface area contributed by atoms with E-state index in [-0.39, 0.29) is 18.9 Å². The van der Waals surface area contributed by atoms with Crippen LogP contribution >= 0.6 is 11.5 Å². The van der Waals surface area contributed by atoms with Crippen molar-refractivity contribution in [2.75, 3.05) is 13.2 Å². The first-order valence-electron chi connectivity index (χ1n) is 12.0. The summed E-state index contributed by atoms with van der Waals surface area (Å²) in [6.07, 6.45) is 2.22. The van der Waals surface area contributed by atoms with Crippen molar-refractivity contribution >= 4 is 27.6 Å². The van der Waals surface area contributed by atoms with Crippen LogP contribution in [-0.4, -0.2) is 32.7 Å². The lowest BCUT2D eigenvalue weighted by Gasteiger charge is -2.14. The number of carbonyl (C=O) groups excluding carboxylic acids is 1. The van der Waals surface area contributed by atoms with Gasteiger partial charge in [0.2, 0.25) is 0 Å². The molecule has 8 nitrogen and oxygen atoms in total. The van der Waals surface area contributed by atoms with E-state index in [0.717, 1.165) is 24.1 Å². The number of nitrogens with zero attached hydrogens (tertiary/aromatic N) is 3. The zero-order valence-electron chi connectivity index (χ0n) is 21.7. The fraction of sp³-hybridized carbons (Fsp3) is 0.214. The molecule has 0 spiro atoms. The van der Waals surface area contributed by atoms with Crippen molar-refractivity contribution in [3.63, 3.8) is 0 Å². The van der Waals surface area contributed by atoms with Gasteiger partial charge < -0.3 is 9.47 Å². The third-order valence-electron chi connectivity index (χ3n) is 5.84. The number of hydrogen-bond donors (Lipinski definition) is 0. The monoisotopic (exact) mass is 571 g/mol. The highest BCUT2D eigenvalue weighted by Gasteiger charge is 2.35. The van der Waals surface area contributed by atoms with Crippen LogP contribution in [0.5, 0.6) is 5.75 Å². The second-order valence-corrected chi connectivity index (χ2v) is 9.48. The molecule has 0 saturated heterocycles. The highest BCUT2D eigenvalue weighted by molar-refractivity contribution is 7.13. The average Bonchev–Trinajstić information content (AvgIpc) is 3.32. The number of benzene rings is 2. The Hall–Kier alpha value is -4.45. The van der Waals surface area contributed by atoms with Crippen LogP contribution in [0.15, 0.2) is 76.4 Å². The van der Waals surface area contributed by atoms with Crippen molar-refractivity contribution in [1.29, 1.82) is 0 Å². The lowest BCUT2D eigenvalue weighted by atomic mass is 10.0. The van der Waals surface area contributed by atoms with E-state index in [2.05, 4.69) is 4.37 Å². The summed E-state index contributed by atoms with van der Waals surface area (Å²) in [7, 11) is 0.955. The van der Waals surface area contributed by atoms with Gasteiger partial charge in [0.1, 0.15) is 18.1 Å². The minimum absolute atomic E-state index is 0.0814. The minimum atomic E-state index is -4.86. The van der Waals surface area contributed by atoms with E-state index in [4.69, 9.17) is 9.47 Å². The van der Waals surface area contributed by atoms with Gasteiger partial charge in [0, 0.05) is 24.1 Å². The van der Waals surface area contributed by atoms with Crippen molar-refractivity contribution in [3.05, 3.63) is 98.9 Å². The number of fused-ring (bicyclic) bond motifs is 1. The summed E-state index contributed by atoms with van der Waals surface area (Å²) in [6.45, 7) is 3.48. The molecule has 0 bridgehead atoms. The minimum Gasteiger partial charge on any atom is -0.481 e. The van der Waals surface area contributed by atoms with Crippen LogP contribution in [0, 0.1) is 6.92 Å². The molecule has 2 heterocycles. The predicted molar refractivity (Wildman–Crippen MR) is 146 cm³/mol. The zero-order chi connectivity index (χ0) is 29.0. The first kappa shape index (κ1) is 28.6. The molecule has 2 aromatic carbocycles. The van der Waals surface area contributed by atoms with Gasteiger partial charge in [-0.1, -0.05) is 29.9 Å². The summed E-state index contributed by atoms with van der Waals surface area (Å²) in [5.74, 6) is -0.216. The van der Waals surface area contributed by atoms with Gasteiger partial charge in [0.05, 0.1) is 16.1 Å². The maximum atomic E-state index is 13.3. The van der Waals surface area contributed by atoms with Gasteiger partial charge in [0.25, 0.3) is 5.56 Å². The van der Waals surface area contributed by atoms with Gasteiger partial charge in [-0.05, 0) is 61.8 Å². The van der Waals surface area contributed by atoms with Crippen LogP contribution in [0.4, 0.5) is 13.2 Å². The molecule has 208 valence electrons. The van der Waals surface area contributed by atoms with Crippen molar-refractivity contribution in [3.8, 4) is 22.7 Å². The number of allylic oxidation sites excluding steroid dienone is 3. The van der Waals surface area contributed by atoms with Crippen molar-refractivity contribution < 1.29 is 27.4 Å². The van der Waals surface area contributed by atoms with Crippen LogP contribution in [0.3, 0.4) is 0 Å². The fourth-order valence-corrected chi connectivity index (χ4v) is 4.68. The zero-order valence-corrected chi connectivity index (χ0v) is 22.5. The maximum absolute atomic E-state index is 13.3. The molecule has 0 aliphatic rings. The smallest absolute Gasteiger partial charge is 0.431 e. The van der Waals surface area contributed by atoms with Gasteiger partial charge in [0.15, 0.2) is 6.61 Å². The van der Waals surface area contributed by atoms with Gasteiger partial charge in [-0.2, -0.15) is 17.5 Å². The number of rotatable bonds is 8. The number of carbonyl (C=O) groups is 1. The summed E-state index contributed by atoms with van der Waals surface area (Å²) in [5, 5.41) is 0.545. The first-order chi connectivity index (χ1) is 19.0. The molecule has 40 heavy (non-hydrogen) atoms. The Labute approximate surface area is 230 Å². The molecule has 0 radical (unpaired) electrons. The molecular formula is C28H24F3N3O5S. The third kappa shape index (κ3) is 6.07. The van der Waals surface area contributed by atoms with Crippen LogP contribution in [0.2, 0.25) is 0 Å². The van der Waals surface area contributed by atoms with E-state index in [9.17, 15) is 27.6 Å². The number of alkyl halides is 3. The van der Waals surface area contributed by atoms with E-state index in [0.29, 0.717) is 42.3 Å². The summed E-state index contributed by atoms with van der Waals surface area (Å²) in [4.78, 5) is 37.6. The molecule has 0 aliphatic heterocycles. The van der Waals surface area contributed by atoms with Gasteiger partial charge in [-0.3, -0.25) is 9.36 Å². The summed E-state index contributed by atoms with van der Waals surface area (Å²) in [5.41, 5.74) is -1.62. The first-order valence-corrected chi connectivity index (χ1v) is 12.8. The number of halogens is 3. The van der Waals surface area contributed by atoms with Gasteiger partial charge in [-0.25, -0.2) is 14.2 Å². The van der Waals surface area contributed by atoms with Gasteiger partial charge in [-0.15, -0.1) is 0 Å². The number of esters is 1. The Morgan fingerprint density at radius 2 is 1.88 bits per heavy atom. The largest absolute Gasteiger partial charge is 0.481 e. The molecular weight excluding hydrogens is 547 g/mol. The molecule has 12 heteroatoms. The van der Waals surface area contributed by atoms with Gasteiger partial charge >= 0.3 is 17.8 Å². The standard InChI is InChI=1S/C28H24F3N3O5S/c1-4-5-6-7-12-38-25(36)16-39-21-10-8-17(2)13-19(21)26-20-14-18(9-11-22(20)40-32-26)34-24(35)15-23(28(29,30)31)33(3)27(34)37/h4-11,13-15H,12,16H2,1-3H3. The van der Waals surface area contributed by atoms with Crippen molar-refractivity contribution in [2.45, 2.75) is 20.0 Å². The Morgan fingerprint density at radius 1 is 1.10 bits per heavy atom. The van der Waals surface area contributed by atoms with E-state index >= 15 is 0 Å². The van der Waals surface area contributed by atoms with E-state index in [1.165, 1.54) is 12.1 Å². The quantitative estimate of drug-likeness (QED) is 0.213. The second kappa shape index (κ2) is 11.7. The summed E-state index contributed by atoms with van der Waals surface area (Å²) < 4.78 is 57.0. The van der Waals surface area contributed by atoms with Crippen molar-refractivity contribution in [1.82, 2.24) is 13.5 Å². The average molecular weight is 572 g/mol. The van der Waals surface area contributed by atoms with Crippen LogP contribution in [0.1, 0.15) is 18.2 Å². The number of hydrogen-bond acceptors (Lipinski definition) is 7. The van der Waals surface area contributed by atoms with E-state index in [1.807, 2.05) is 26.0 Å². The highest BCUT2D eigenvalue weighted by Crippen LogP contribution is 2.37. The molecule has 0 amide bonds. The molecule has 4 aromatic rings. The third-order valence-corrected chi connectivity index (χ3v) is 6.66. The molecule has 4 rings (SSSR count). The molecule has 0 atom stereocenters. The second-order valence-electron chi connectivity index (χ2n) is 8.68. The van der Waals surface area contributed by atoms with Crippen LogP contribution < -0.4 is 16.0 Å².